The second-order valence-electron chi connectivity index (χ2n) is 5.10. The number of unbranched alkanes of at least 4 members (excludes halogenated alkanes) is 3. The first-order chi connectivity index (χ1) is 9.69. The maximum Gasteiger partial charge on any atom is 0.202 e. The molecule has 0 unspecified atom stereocenters. The van der Waals surface area contributed by atoms with Crippen molar-refractivity contribution in [3.8, 4) is 0 Å². The number of rotatable bonds is 8. The summed E-state index contributed by atoms with van der Waals surface area (Å²) in [6, 6.07) is 0. The molecular weight excluding hydrogens is 270 g/mol. The molecule has 0 radical (unpaired) electrons. The molecule has 0 aliphatic heterocycles. The summed E-state index contributed by atoms with van der Waals surface area (Å²) in [5.41, 5.74) is 9.05. The molecule has 0 saturated carbocycles. The van der Waals surface area contributed by atoms with Crippen LogP contribution in [0.3, 0.4) is 0 Å². The molecule has 6 heteroatoms. The van der Waals surface area contributed by atoms with Crippen molar-refractivity contribution in [1.29, 1.82) is 0 Å². The van der Waals surface area contributed by atoms with Crippen LogP contribution in [0.5, 0.6) is 0 Å². The van der Waals surface area contributed by atoms with E-state index in [4.69, 9.17) is 5.73 Å². The molecule has 2 rings (SSSR count). The lowest BCUT2D eigenvalue weighted by atomic mass is 10.2. The summed E-state index contributed by atoms with van der Waals surface area (Å²) in [4.78, 5) is 4.46. The number of nitrogen functional groups attached to an aromatic ring is 1. The number of hydrogen-bond donors (Lipinski definition) is 1. The van der Waals surface area contributed by atoms with Gasteiger partial charge in [-0.15, -0.1) is 0 Å². The van der Waals surface area contributed by atoms with Gasteiger partial charge in [-0.3, -0.25) is 4.57 Å². The molecule has 0 bridgehead atoms. The van der Waals surface area contributed by atoms with E-state index < -0.39 is 0 Å². The van der Waals surface area contributed by atoms with Gasteiger partial charge in [-0.2, -0.15) is 16.9 Å². The third kappa shape index (κ3) is 3.11. The summed E-state index contributed by atoms with van der Waals surface area (Å²) in [6.07, 6.45) is 7.17. The van der Waals surface area contributed by atoms with Crippen LogP contribution in [0.4, 0.5) is 5.95 Å². The second-order valence-corrected chi connectivity index (χ2v) is 6.09. The van der Waals surface area contributed by atoms with E-state index in [0.717, 1.165) is 36.4 Å². The Bertz CT molecular complexity index is 557. The van der Waals surface area contributed by atoms with Crippen molar-refractivity contribution in [3.63, 3.8) is 0 Å². The van der Waals surface area contributed by atoms with Crippen LogP contribution < -0.4 is 5.73 Å². The number of nitrogens with zero attached hydrogens (tertiary/aromatic N) is 4. The molecule has 20 heavy (non-hydrogen) atoms. The molecule has 112 valence electrons. The number of anilines is 1. The summed E-state index contributed by atoms with van der Waals surface area (Å²) in [6.45, 7) is 5.88. The van der Waals surface area contributed by atoms with Crippen molar-refractivity contribution in [3.05, 3.63) is 5.69 Å². The van der Waals surface area contributed by atoms with Gasteiger partial charge in [-0.25, -0.2) is 9.67 Å². The Balaban J connectivity index is 2.04. The van der Waals surface area contributed by atoms with Gasteiger partial charge < -0.3 is 5.73 Å². The quantitative estimate of drug-likeness (QED) is 0.760. The van der Waals surface area contributed by atoms with Crippen LogP contribution in [-0.4, -0.2) is 31.3 Å². The predicted molar refractivity (Wildman–Crippen MR) is 87.2 cm³/mol. The Morgan fingerprint density at radius 2 is 1.95 bits per heavy atom. The molecule has 2 N–H and O–H groups in total. The molecule has 0 atom stereocenters. The van der Waals surface area contributed by atoms with E-state index in [1.165, 1.54) is 25.0 Å². The summed E-state index contributed by atoms with van der Waals surface area (Å²) in [7, 11) is 0. The molecule has 2 aromatic heterocycles. The number of fused-ring (bicyclic) bond motifs is 1. The monoisotopic (exact) mass is 295 g/mol. The van der Waals surface area contributed by atoms with Gasteiger partial charge in [0.2, 0.25) is 5.95 Å². The molecule has 0 aromatic carbocycles. The molecule has 0 amide bonds. The Morgan fingerprint density at radius 3 is 2.65 bits per heavy atom. The molecule has 0 aliphatic rings. The lowest BCUT2D eigenvalue weighted by Gasteiger charge is -2.07. The lowest BCUT2D eigenvalue weighted by Crippen LogP contribution is -2.08. The van der Waals surface area contributed by atoms with Crippen molar-refractivity contribution in [2.24, 2.45) is 0 Å². The molecule has 0 fully saturated rings. The van der Waals surface area contributed by atoms with Gasteiger partial charge >= 0.3 is 0 Å². The van der Waals surface area contributed by atoms with Crippen LogP contribution in [0.1, 0.15) is 38.3 Å². The highest BCUT2D eigenvalue weighted by molar-refractivity contribution is 7.98. The lowest BCUT2D eigenvalue weighted by molar-refractivity contribution is 0.577. The number of hydrogen-bond acceptors (Lipinski definition) is 4. The number of imidazole rings is 1. The zero-order valence-corrected chi connectivity index (χ0v) is 13.5. The third-order valence-electron chi connectivity index (χ3n) is 3.61. The van der Waals surface area contributed by atoms with Gasteiger partial charge in [-0.1, -0.05) is 12.8 Å². The first kappa shape index (κ1) is 15.2. The van der Waals surface area contributed by atoms with Crippen LogP contribution >= 0.6 is 11.8 Å². The van der Waals surface area contributed by atoms with E-state index in [-0.39, 0.29) is 0 Å². The molecule has 5 nitrogen and oxygen atoms in total. The molecular formula is C14H25N5S. The Labute approximate surface area is 124 Å². The van der Waals surface area contributed by atoms with E-state index in [0.29, 0.717) is 5.95 Å². The van der Waals surface area contributed by atoms with Gasteiger partial charge in [0.25, 0.3) is 0 Å². The van der Waals surface area contributed by atoms with Crippen molar-refractivity contribution in [2.75, 3.05) is 17.7 Å². The van der Waals surface area contributed by atoms with E-state index in [2.05, 4.69) is 27.8 Å². The van der Waals surface area contributed by atoms with Crippen molar-refractivity contribution in [2.45, 2.75) is 52.6 Å². The van der Waals surface area contributed by atoms with Crippen LogP contribution in [0, 0.1) is 6.92 Å². The van der Waals surface area contributed by atoms with E-state index >= 15 is 0 Å². The van der Waals surface area contributed by atoms with E-state index in [1.54, 1.807) is 0 Å². The molecule has 0 spiro atoms. The van der Waals surface area contributed by atoms with E-state index in [1.807, 2.05) is 23.4 Å². The Morgan fingerprint density at radius 1 is 1.20 bits per heavy atom. The fourth-order valence-corrected chi connectivity index (χ4v) is 3.04. The van der Waals surface area contributed by atoms with Gasteiger partial charge in [0.1, 0.15) is 5.52 Å². The topological polar surface area (TPSA) is 61.7 Å². The first-order valence-electron chi connectivity index (χ1n) is 7.37. The third-order valence-corrected chi connectivity index (χ3v) is 4.30. The fourth-order valence-electron chi connectivity index (χ4n) is 2.55. The predicted octanol–water partition coefficient (Wildman–Crippen LogP) is 3.07. The first-order valence-corrected chi connectivity index (χ1v) is 8.76. The maximum absolute atomic E-state index is 6.06. The Hall–Kier alpha value is -1.17. The van der Waals surface area contributed by atoms with Gasteiger partial charge in [0, 0.05) is 13.1 Å². The standard InChI is InChI=1S/C14H25N5S/c1-4-19-13-12(11(2)17-19)16-14(15)18(13)9-7-5-6-8-10-20-3/h4-10H2,1-3H3,(H2,15,16). The Kier molecular flexibility index (Phi) is 5.34. The minimum absolute atomic E-state index is 0.617. The number of aryl methyl sites for hydroxylation is 3. The minimum Gasteiger partial charge on any atom is -0.369 e. The summed E-state index contributed by atoms with van der Waals surface area (Å²) in [5.74, 6) is 1.88. The molecule has 2 aromatic rings. The van der Waals surface area contributed by atoms with Gasteiger partial charge in [0.15, 0.2) is 5.65 Å². The molecule has 0 aliphatic carbocycles. The SMILES string of the molecule is CCn1nc(C)c2nc(N)n(CCCCCCSC)c21. The summed E-state index contributed by atoms with van der Waals surface area (Å²) < 4.78 is 4.12. The number of nitrogens with two attached hydrogens (primary N) is 1. The van der Waals surface area contributed by atoms with Crippen molar-refractivity contribution >= 4 is 28.9 Å². The number of aromatic nitrogens is 4. The average molecular weight is 295 g/mol. The van der Waals surface area contributed by atoms with Crippen LogP contribution in [-0.2, 0) is 13.1 Å². The highest BCUT2D eigenvalue weighted by Gasteiger charge is 2.16. The van der Waals surface area contributed by atoms with Crippen LogP contribution in [0.2, 0.25) is 0 Å². The maximum atomic E-state index is 6.06. The zero-order valence-electron chi connectivity index (χ0n) is 12.7. The number of thioether (sulfide) groups is 1. The van der Waals surface area contributed by atoms with Gasteiger partial charge in [-0.05, 0) is 38.7 Å². The minimum atomic E-state index is 0.617. The smallest absolute Gasteiger partial charge is 0.202 e. The summed E-state index contributed by atoms with van der Waals surface area (Å²) >= 11 is 1.92. The zero-order chi connectivity index (χ0) is 14.5. The van der Waals surface area contributed by atoms with Crippen LogP contribution in [0.15, 0.2) is 0 Å². The molecule has 0 saturated heterocycles. The normalized spacial score (nSPS) is 11.6. The van der Waals surface area contributed by atoms with E-state index in [9.17, 15) is 0 Å². The van der Waals surface area contributed by atoms with Crippen molar-refractivity contribution in [1.82, 2.24) is 19.3 Å². The van der Waals surface area contributed by atoms with Gasteiger partial charge in [0.05, 0.1) is 5.69 Å². The average Bonchev–Trinajstić information content (AvgIpc) is 2.92. The highest BCUT2D eigenvalue weighted by Crippen LogP contribution is 2.21. The summed E-state index contributed by atoms with van der Waals surface area (Å²) in [5, 5.41) is 4.51. The van der Waals surface area contributed by atoms with Crippen molar-refractivity contribution < 1.29 is 0 Å². The largest absolute Gasteiger partial charge is 0.369 e. The fraction of sp³-hybridized carbons (Fsp3) is 0.714. The van der Waals surface area contributed by atoms with Crippen LogP contribution in [0.25, 0.3) is 11.2 Å². The second kappa shape index (κ2) is 7.02. The molecule has 2 heterocycles. The highest BCUT2D eigenvalue weighted by atomic mass is 32.2.